The molecular weight excluding hydrogens is 530 g/mol. The van der Waals surface area contributed by atoms with Gasteiger partial charge in [-0.05, 0) is 114 Å². The number of aromatic nitrogens is 2. The fourth-order valence-electron chi connectivity index (χ4n) is 11.6. The van der Waals surface area contributed by atoms with Crippen molar-refractivity contribution in [3.8, 4) is 6.07 Å². The largest absolute Gasteiger partial charge is 0.456 e. The van der Waals surface area contributed by atoms with Crippen molar-refractivity contribution in [1.29, 1.82) is 5.26 Å². The summed E-state index contributed by atoms with van der Waals surface area (Å²) in [7, 11) is 0. The van der Waals surface area contributed by atoms with Crippen molar-refractivity contribution in [3.63, 3.8) is 0 Å². The molecule has 1 aromatic rings. The van der Waals surface area contributed by atoms with E-state index >= 15 is 0 Å². The maximum atomic E-state index is 14.2. The van der Waals surface area contributed by atoms with Gasteiger partial charge >= 0.3 is 11.7 Å². The highest BCUT2D eigenvalue weighted by atomic mass is 16.8. The summed E-state index contributed by atoms with van der Waals surface area (Å²) in [6.45, 7) is 16.6. The Hall–Kier alpha value is -2.40. The van der Waals surface area contributed by atoms with Crippen molar-refractivity contribution in [3.05, 3.63) is 28.2 Å². The average molecular weight is 580 g/mol. The lowest BCUT2D eigenvalue weighted by Crippen LogP contribution is -2.65. The number of nitriles is 1. The third-order valence-corrected chi connectivity index (χ3v) is 14.5. The molecule has 4 saturated carbocycles. The Kier molecular flexibility index (Phi) is 6.74. The van der Waals surface area contributed by atoms with Crippen molar-refractivity contribution in [2.75, 3.05) is 0 Å². The topological polar surface area (TPSA) is 123 Å². The number of hydrogen-bond donors (Lipinski definition) is 1. The number of fused-ring (bicyclic) bond motifs is 7. The molecule has 0 amide bonds. The van der Waals surface area contributed by atoms with Gasteiger partial charge < -0.3 is 15.1 Å². The van der Waals surface area contributed by atoms with Gasteiger partial charge in [-0.1, -0.05) is 60.1 Å². The van der Waals surface area contributed by atoms with Gasteiger partial charge in [-0.3, -0.25) is 9.42 Å². The minimum atomic E-state index is -0.623. The van der Waals surface area contributed by atoms with Gasteiger partial charge in [-0.25, -0.2) is 0 Å². The second-order valence-corrected chi connectivity index (χ2v) is 16.1. The van der Waals surface area contributed by atoms with Gasteiger partial charge in [0.2, 0.25) is 0 Å². The Morgan fingerprint density at radius 3 is 2.57 bits per heavy atom. The van der Waals surface area contributed by atoms with Crippen molar-refractivity contribution in [2.24, 2.45) is 56.7 Å². The number of rotatable bonds is 3. The van der Waals surface area contributed by atoms with Crippen molar-refractivity contribution >= 4 is 5.97 Å². The van der Waals surface area contributed by atoms with Gasteiger partial charge in [0.05, 0.1) is 11.5 Å². The maximum Gasteiger partial charge on any atom is 0.313 e. The number of allylic oxidation sites excluding steroid dienone is 2. The van der Waals surface area contributed by atoms with Crippen LogP contribution in [0.4, 0.5) is 0 Å². The molecule has 8 nitrogen and oxygen atoms in total. The molecule has 0 spiro atoms. The van der Waals surface area contributed by atoms with Crippen LogP contribution in [-0.2, 0) is 16.1 Å². The number of ether oxygens (including phenoxy) is 1. The molecule has 1 aromatic heterocycles. The van der Waals surface area contributed by atoms with Crippen molar-refractivity contribution < 1.29 is 24.2 Å². The van der Waals surface area contributed by atoms with E-state index in [2.05, 4.69) is 64.3 Å². The molecule has 230 valence electrons. The quantitative estimate of drug-likeness (QED) is 0.255. The number of aliphatic hydroxyl groups excluding tert-OH is 1. The van der Waals surface area contributed by atoms with Crippen LogP contribution in [-0.4, -0.2) is 22.3 Å². The van der Waals surface area contributed by atoms with E-state index in [1.54, 1.807) is 6.07 Å². The first-order valence-corrected chi connectivity index (χ1v) is 16.2. The molecule has 6 rings (SSSR count). The van der Waals surface area contributed by atoms with Crippen molar-refractivity contribution in [1.82, 2.24) is 5.16 Å². The Bertz CT molecular complexity index is 1340. The van der Waals surface area contributed by atoms with Gasteiger partial charge in [0.15, 0.2) is 12.7 Å². The number of hydrogen-bond acceptors (Lipinski definition) is 7. The normalized spacial score (nSPS) is 45.7. The van der Waals surface area contributed by atoms with Crippen LogP contribution in [0, 0.1) is 73.2 Å². The van der Waals surface area contributed by atoms with E-state index in [1.807, 2.05) is 0 Å². The summed E-state index contributed by atoms with van der Waals surface area (Å²) in [5, 5.41) is 35.7. The predicted octanol–water partition coefficient (Wildman–Crippen LogP) is 6.24. The van der Waals surface area contributed by atoms with Gasteiger partial charge in [0, 0.05) is 5.16 Å². The molecular formula is C34H49N3O5. The van der Waals surface area contributed by atoms with E-state index in [4.69, 9.17) is 4.74 Å². The van der Waals surface area contributed by atoms with E-state index in [0.717, 1.165) is 57.8 Å². The highest BCUT2D eigenvalue weighted by Crippen LogP contribution is 2.75. The lowest BCUT2D eigenvalue weighted by atomic mass is 9.33. The first kappa shape index (κ1) is 29.7. The van der Waals surface area contributed by atoms with E-state index in [-0.39, 0.29) is 62.5 Å². The van der Waals surface area contributed by atoms with E-state index in [1.165, 1.54) is 5.57 Å². The summed E-state index contributed by atoms with van der Waals surface area (Å²) in [6, 6.07) is 1.80. The molecule has 8 heteroatoms. The second kappa shape index (κ2) is 9.55. The van der Waals surface area contributed by atoms with Gasteiger partial charge in [0.25, 0.3) is 5.69 Å². The van der Waals surface area contributed by atoms with Crippen LogP contribution < -0.4 is 4.90 Å². The standard InChI is InChI=1S/C34H49N3O5/c1-20-10-15-34(29(39)41-19-23-24(18-35)37(40)42-36-23)17-16-32(6)22(28(34)21(20)2)8-9-26-31(5)13-12-27(38)30(3,4)25(31)11-14-33(26,32)7/h8,20-21,25-28,38H,9-17,19H2,1-7H3/t20-,21+,25?,26-,27+,28?,31+,32-,33-,34?/m1/s1. The summed E-state index contributed by atoms with van der Waals surface area (Å²) >= 11 is 0. The monoisotopic (exact) mass is 579 g/mol. The molecule has 0 aliphatic heterocycles. The lowest BCUT2D eigenvalue weighted by Gasteiger charge is -2.71. The third kappa shape index (κ3) is 3.70. The van der Waals surface area contributed by atoms with E-state index in [9.17, 15) is 20.4 Å². The molecule has 3 unspecified atom stereocenters. The molecule has 0 saturated heterocycles. The molecule has 5 aliphatic carbocycles. The van der Waals surface area contributed by atoms with Crippen LogP contribution in [0.5, 0.6) is 0 Å². The smallest absolute Gasteiger partial charge is 0.313 e. The third-order valence-electron chi connectivity index (χ3n) is 14.5. The lowest BCUT2D eigenvalue weighted by molar-refractivity contribution is -0.804. The van der Waals surface area contributed by atoms with Gasteiger partial charge in [0.1, 0.15) is 0 Å². The van der Waals surface area contributed by atoms with E-state index < -0.39 is 5.41 Å². The van der Waals surface area contributed by atoms with Crippen LogP contribution >= 0.6 is 0 Å². The fourth-order valence-corrected chi connectivity index (χ4v) is 11.6. The molecule has 1 heterocycles. The molecule has 1 N–H and O–H groups in total. The van der Waals surface area contributed by atoms with Crippen molar-refractivity contribution in [2.45, 2.75) is 119 Å². The summed E-state index contributed by atoms with van der Waals surface area (Å²) in [6.07, 6.45) is 11.0. The molecule has 10 atom stereocenters. The van der Waals surface area contributed by atoms with E-state index in [0.29, 0.717) is 23.7 Å². The van der Waals surface area contributed by atoms with Crippen LogP contribution in [0.1, 0.15) is 118 Å². The highest BCUT2D eigenvalue weighted by molar-refractivity contribution is 5.79. The zero-order valence-corrected chi connectivity index (χ0v) is 26.5. The molecule has 4 fully saturated rings. The first-order chi connectivity index (χ1) is 19.7. The summed E-state index contributed by atoms with van der Waals surface area (Å²) in [4.78, 5) is 14.2. The fraction of sp³-hybridized carbons (Fsp3) is 0.824. The van der Waals surface area contributed by atoms with Crippen LogP contribution in [0.2, 0.25) is 0 Å². The molecule has 5 aliphatic rings. The maximum absolute atomic E-state index is 14.2. The Balaban J connectivity index is 1.37. The summed E-state index contributed by atoms with van der Waals surface area (Å²) in [5.41, 5.74) is 0.825. The number of nitrogens with zero attached hydrogens (tertiary/aromatic N) is 3. The number of esters is 1. The first-order valence-electron chi connectivity index (χ1n) is 16.2. The minimum absolute atomic E-state index is 0.0158. The average Bonchev–Trinajstić information content (AvgIpc) is 3.31. The van der Waals surface area contributed by atoms with Gasteiger partial charge in [-0.15, -0.1) is 0 Å². The Morgan fingerprint density at radius 2 is 1.86 bits per heavy atom. The highest BCUT2D eigenvalue weighted by Gasteiger charge is 2.69. The molecule has 0 bridgehead atoms. The molecule has 0 aromatic carbocycles. The van der Waals surface area contributed by atoms with Crippen LogP contribution in [0.3, 0.4) is 0 Å². The zero-order chi connectivity index (χ0) is 30.5. The summed E-state index contributed by atoms with van der Waals surface area (Å²) < 4.78 is 10.5. The second-order valence-electron chi connectivity index (χ2n) is 16.1. The van der Waals surface area contributed by atoms with Crippen LogP contribution in [0.25, 0.3) is 0 Å². The number of carbonyl (C=O) groups is 1. The SMILES string of the molecule is C[C@@H]1CCC2(C(=O)OCc3no[n+]([O-])c3C#N)CC[C@]3(C)C(=CC[C@@H]4[C@@]5(C)CC[C@H](O)C(C)(C)C5CC[C@]43C)C2[C@H]1C. The predicted molar refractivity (Wildman–Crippen MR) is 155 cm³/mol. The Morgan fingerprint density at radius 1 is 1.12 bits per heavy atom. The number of carbonyl (C=O) groups excluding carboxylic acids is 1. The zero-order valence-electron chi connectivity index (χ0n) is 26.5. The van der Waals surface area contributed by atoms with Gasteiger partial charge in [-0.2, -0.15) is 5.26 Å². The number of aliphatic hydroxyl groups is 1. The summed E-state index contributed by atoms with van der Waals surface area (Å²) in [5.74, 6) is 1.73. The molecule has 0 radical (unpaired) electrons. The minimum Gasteiger partial charge on any atom is -0.456 e. The Labute approximate surface area is 250 Å². The molecule has 42 heavy (non-hydrogen) atoms. The van der Waals surface area contributed by atoms with Crippen LogP contribution in [0.15, 0.2) is 16.3 Å².